The fourth-order valence-electron chi connectivity index (χ4n) is 1.41. The third-order valence-electron chi connectivity index (χ3n) is 2.23. The van der Waals surface area contributed by atoms with Crippen LogP contribution in [0.25, 0.3) is 0 Å². The molecule has 6 nitrogen and oxygen atoms in total. The fourth-order valence-corrected chi connectivity index (χ4v) is 1.41. The predicted molar refractivity (Wildman–Crippen MR) is 68.3 cm³/mol. The fraction of sp³-hybridized carbons (Fsp3) is 0.182. The van der Waals surface area contributed by atoms with Crippen LogP contribution >= 0.6 is 0 Å². The van der Waals surface area contributed by atoms with Crippen LogP contribution in [0.1, 0.15) is 0 Å². The van der Waals surface area contributed by atoms with E-state index in [0.29, 0.717) is 17.3 Å². The van der Waals surface area contributed by atoms with E-state index in [1.54, 1.807) is 12.4 Å². The first-order chi connectivity index (χ1) is 8.18. The Morgan fingerprint density at radius 3 is 2.53 bits per heavy atom. The van der Waals surface area contributed by atoms with Crippen molar-refractivity contribution in [3.63, 3.8) is 0 Å². The first-order valence-corrected chi connectivity index (χ1v) is 5.13. The van der Waals surface area contributed by atoms with Crippen molar-refractivity contribution in [2.75, 3.05) is 30.0 Å². The molecule has 2 aromatic heterocycles. The molecule has 2 rings (SSSR count). The highest BCUT2D eigenvalue weighted by Gasteiger charge is 2.09. The van der Waals surface area contributed by atoms with Gasteiger partial charge in [0.1, 0.15) is 12.0 Å². The van der Waals surface area contributed by atoms with Crippen molar-refractivity contribution in [1.29, 1.82) is 0 Å². The lowest BCUT2D eigenvalue weighted by atomic mass is 10.3. The molecule has 0 bridgehead atoms. The molecule has 17 heavy (non-hydrogen) atoms. The van der Waals surface area contributed by atoms with Gasteiger partial charge in [0, 0.05) is 32.2 Å². The van der Waals surface area contributed by atoms with E-state index < -0.39 is 0 Å². The summed E-state index contributed by atoms with van der Waals surface area (Å²) < 4.78 is 0. The van der Waals surface area contributed by atoms with Gasteiger partial charge in [-0.05, 0) is 12.1 Å². The summed E-state index contributed by atoms with van der Waals surface area (Å²) in [6.07, 6.45) is 4.88. The SMILES string of the molecule is CN(C)c1ncnc(Nc2ccncc2)c1N. The number of nitrogens with one attached hydrogen (secondary N) is 1. The van der Waals surface area contributed by atoms with Gasteiger partial charge >= 0.3 is 0 Å². The topological polar surface area (TPSA) is 80.0 Å². The number of nitrogens with zero attached hydrogens (tertiary/aromatic N) is 4. The van der Waals surface area contributed by atoms with E-state index in [-0.39, 0.29) is 0 Å². The summed E-state index contributed by atoms with van der Waals surface area (Å²) >= 11 is 0. The van der Waals surface area contributed by atoms with Gasteiger partial charge in [0.25, 0.3) is 0 Å². The molecule has 0 aliphatic rings. The lowest BCUT2D eigenvalue weighted by molar-refractivity contribution is 1.04. The van der Waals surface area contributed by atoms with E-state index in [4.69, 9.17) is 5.73 Å². The highest BCUT2D eigenvalue weighted by atomic mass is 15.2. The molecule has 0 saturated heterocycles. The van der Waals surface area contributed by atoms with Crippen molar-refractivity contribution < 1.29 is 0 Å². The van der Waals surface area contributed by atoms with Gasteiger partial charge in [-0.2, -0.15) is 0 Å². The van der Waals surface area contributed by atoms with Crippen LogP contribution in [0, 0.1) is 0 Å². The molecule has 0 atom stereocenters. The zero-order valence-electron chi connectivity index (χ0n) is 9.75. The molecule has 3 N–H and O–H groups in total. The lowest BCUT2D eigenvalue weighted by Gasteiger charge is -2.16. The van der Waals surface area contributed by atoms with Crippen molar-refractivity contribution in [3.05, 3.63) is 30.9 Å². The Morgan fingerprint density at radius 2 is 1.88 bits per heavy atom. The molecule has 0 fully saturated rings. The summed E-state index contributed by atoms with van der Waals surface area (Å²) in [7, 11) is 3.77. The lowest BCUT2D eigenvalue weighted by Crippen LogP contribution is -2.14. The molecule has 0 radical (unpaired) electrons. The number of hydrogen-bond donors (Lipinski definition) is 2. The molecule has 0 aliphatic carbocycles. The van der Waals surface area contributed by atoms with Crippen molar-refractivity contribution >= 4 is 23.0 Å². The highest BCUT2D eigenvalue weighted by molar-refractivity contribution is 5.77. The maximum atomic E-state index is 5.99. The second-order valence-electron chi connectivity index (χ2n) is 3.71. The van der Waals surface area contributed by atoms with E-state index in [0.717, 1.165) is 5.69 Å². The maximum absolute atomic E-state index is 5.99. The Morgan fingerprint density at radius 1 is 1.18 bits per heavy atom. The summed E-state index contributed by atoms with van der Waals surface area (Å²) in [5, 5.41) is 3.12. The van der Waals surface area contributed by atoms with E-state index in [1.165, 1.54) is 6.33 Å². The van der Waals surface area contributed by atoms with E-state index >= 15 is 0 Å². The van der Waals surface area contributed by atoms with Crippen LogP contribution in [0.2, 0.25) is 0 Å². The van der Waals surface area contributed by atoms with E-state index in [9.17, 15) is 0 Å². The first-order valence-electron chi connectivity index (χ1n) is 5.13. The number of pyridine rings is 1. The number of rotatable bonds is 3. The molecule has 2 aromatic rings. The summed E-state index contributed by atoms with van der Waals surface area (Å²) in [5.41, 5.74) is 7.39. The monoisotopic (exact) mass is 230 g/mol. The number of aromatic nitrogens is 3. The molecule has 0 spiro atoms. The number of nitrogens with two attached hydrogens (primary N) is 1. The standard InChI is InChI=1S/C11H14N6/c1-17(2)11-9(12)10(14-7-15-11)16-8-3-5-13-6-4-8/h3-7H,12H2,1-2H3,(H,13,14,15,16). The second-order valence-corrected chi connectivity index (χ2v) is 3.71. The molecule has 88 valence electrons. The average molecular weight is 230 g/mol. The van der Waals surface area contributed by atoms with Gasteiger partial charge in [-0.25, -0.2) is 9.97 Å². The number of nitrogen functional groups attached to an aromatic ring is 1. The predicted octanol–water partition coefficient (Wildman–Crippen LogP) is 1.26. The molecule has 0 aliphatic heterocycles. The first kappa shape index (κ1) is 11.1. The Hall–Kier alpha value is -2.37. The molecular weight excluding hydrogens is 216 g/mol. The van der Waals surface area contributed by atoms with Gasteiger partial charge in [-0.3, -0.25) is 4.98 Å². The Kier molecular flexibility index (Phi) is 3.04. The number of anilines is 4. The van der Waals surface area contributed by atoms with Crippen LogP contribution in [0.15, 0.2) is 30.9 Å². The van der Waals surface area contributed by atoms with Crippen molar-refractivity contribution in [2.24, 2.45) is 0 Å². The molecular formula is C11H14N6. The van der Waals surface area contributed by atoms with Crippen LogP contribution < -0.4 is 16.0 Å². The summed E-state index contributed by atoms with van der Waals surface area (Å²) in [4.78, 5) is 14.0. The van der Waals surface area contributed by atoms with Crippen LogP contribution in [0.4, 0.5) is 23.0 Å². The van der Waals surface area contributed by atoms with Gasteiger partial charge in [-0.15, -0.1) is 0 Å². The molecule has 0 amide bonds. The van der Waals surface area contributed by atoms with Gasteiger partial charge in [-0.1, -0.05) is 0 Å². The van der Waals surface area contributed by atoms with Gasteiger partial charge in [0.15, 0.2) is 11.6 Å². The Balaban J connectivity index is 2.31. The molecule has 0 saturated carbocycles. The maximum Gasteiger partial charge on any atom is 0.159 e. The Labute approximate surface area is 99.5 Å². The third kappa shape index (κ3) is 2.41. The van der Waals surface area contributed by atoms with Gasteiger partial charge in [0.2, 0.25) is 0 Å². The van der Waals surface area contributed by atoms with Gasteiger partial charge < -0.3 is 16.0 Å². The smallest absolute Gasteiger partial charge is 0.159 e. The summed E-state index contributed by atoms with van der Waals surface area (Å²) in [6, 6.07) is 3.69. The van der Waals surface area contributed by atoms with Crippen molar-refractivity contribution in [2.45, 2.75) is 0 Å². The van der Waals surface area contributed by atoms with Crippen LogP contribution in [-0.2, 0) is 0 Å². The van der Waals surface area contributed by atoms with Gasteiger partial charge in [0.05, 0.1) is 0 Å². The summed E-state index contributed by atoms with van der Waals surface area (Å²) in [5.74, 6) is 1.28. The average Bonchev–Trinajstić information content (AvgIpc) is 2.33. The van der Waals surface area contributed by atoms with E-state index in [2.05, 4.69) is 20.3 Å². The Bertz CT molecular complexity index is 497. The zero-order chi connectivity index (χ0) is 12.3. The van der Waals surface area contributed by atoms with E-state index in [1.807, 2.05) is 31.1 Å². The van der Waals surface area contributed by atoms with Crippen LogP contribution in [0.5, 0.6) is 0 Å². The molecule has 6 heteroatoms. The highest BCUT2D eigenvalue weighted by Crippen LogP contribution is 2.26. The summed E-state index contributed by atoms with van der Waals surface area (Å²) in [6.45, 7) is 0. The second kappa shape index (κ2) is 4.65. The zero-order valence-corrected chi connectivity index (χ0v) is 9.75. The minimum Gasteiger partial charge on any atom is -0.393 e. The minimum absolute atomic E-state index is 0.523. The normalized spacial score (nSPS) is 10.0. The van der Waals surface area contributed by atoms with Crippen LogP contribution in [0.3, 0.4) is 0 Å². The van der Waals surface area contributed by atoms with Crippen LogP contribution in [-0.4, -0.2) is 29.0 Å². The van der Waals surface area contributed by atoms with Crippen molar-refractivity contribution in [3.8, 4) is 0 Å². The molecule has 0 aromatic carbocycles. The minimum atomic E-state index is 0.523. The largest absolute Gasteiger partial charge is 0.393 e. The third-order valence-corrected chi connectivity index (χ3v) is 2.23. The molecule has 0 unspecified atom stereocenters. The molecule has 2 heterocycles. The van der Waals surface area contributed by atoms with Crippen molar-refractivity contribution in [1.82, 2.24) is 15.0 Å². The quantitative estimate of drug-likeness (QED) is 0.826. The number of hydrogen-bond acceptors (Lipinski definition) is 6.